The van der Waals surface area contributed by atoms with Crippen molar-refractivity contribution < 1.29 is 19.2 Å². The molecule has 4 aromatic rings. The van der Waals surface area contributed by atoms with Crippen molar-refractivity contribution in [1.82, 2.24) is 0 Å². The number of benzene rings is 4. The number of carbonyl (C=O) groups is 4. The van der Waals surface area contributed by atoms with E-state index in [0.29, 0.717) is 10.0 Å². The van der Waals surface area contributed by atoms with E-state index in [0.717, 1.165) is 0 Å². The van der Waals surface area contributed by atoms with Gasteiger partial charge in [0.1, 0.15) is 10.8 Å². The summed E-state index contributed by atoms with van der Waals surface area (Å²) in [4.78, 5) is 58.0. The first kappa shape index (κ1) is 22.6. The Labute approximate surface area is 216 Å². The molecule has 0 saturated heterocycles. The molecule has 0 spiro atoms. The van der Waals surface area contributed by atoms with Crippen LogP contribution < -0.4 is 0 Å². The molecule has 0 aromatic heterocycles. The van der Waals surface area contributed by atoms with Gasteiger partial charge in [-0.1, -0.05) is 96.0 Å². The Morgan fingerprint density at radius 2 is 0.639 bits per heavy atom. The predicted molar refractivity (Wildman–Crippen MR) is 136 cm³/mol. The zero-order valence-corrected chi connectivity index (χ0v) is 20.1. The molecule has 0 saturated carbocycles. The Balaban J connectivity index is 1.81. The molecule has 0 fully saturated rings. The number of halogens is 2. The van der Waals surface area contributed by atoms with Gasteiger partial charge in [-0.05, 0) is 35.4 Å². The van der Waals surface area contributed by atoms with E-state index in [2.05, 4.69) is 0 Å². The molecule has 6 rings (SSSR count). The largest absolute Gasteiger partial charge is 0.293 e. The van der Waals surface area contributed by atoms with Crippen LogP contribution in [0.1, 0.15) is 52.6 Å². The first-order chi connectivity index (χ1) is 17.3. The summed E-state index contributed by atoms with van der Waals surface area (Å²) in [6.07, 6.45) is 0. The van der Waals surface area contributed by atoms with Gasteiger partial charge in [0, 0.05) is 32.3 Å². The van der Waals surface area contributed by atoms with Crippen LogP contribution in [0, 0.1) is 0 Å². The number of hydrogen-bond donors (Lipinski definition) is 0. The van der Waals surface area contributed by atoms with E-state index in [1.165, 1.54) is 0 Å². The zero-order chi connectivity index (χ0) is 25.2. The van der Waals surface area contributed by atoms with E-state index in [4.69, 9.17) is 23.2 Å². The standard InChI is InChI=1S/C30H16Cl2O4/c31-19-13-9-17(10-14-19)29(25(33)21-5-1-2-6-22(21)26(29)34)30(18-11-15-20(32)16-12-18)27(35)23-7-3-4-8-24(23)28(30)36/h1-16H. The maximum Gasteiger partial charge on any atom is 0.183 e. The fraction of sp³-hybridized carbons (Fsp3) is 0.0667. The van der Waals surface area contributed by atoms with Crippen LogP contribution in [0.3, 0.4) is 0 Å². The Bertz CT molecular complexity index is 1420. The van der Waals surface area contributed by atoms with Crippen molar-refractivity contribution in [2.24, 2.45) is 0 Å². The van der Waals surface area contributed by atoms with Crippen molar-refractivity contribution in [1.29, 1.82) is 0 Å². The second-order valence-corrected chi connectivity index (χ2v) is 9.79. The predicted octanol–water partition coefficient (Wildman–Crippen LogP) is 6.33. The van der Waals surface area contributed by atoms with Gasteiger partial charge >= 0.3 is 0 Å². The number of rotatable bonds is 3. The summed E-state index contributed by atoms with van der Waals surface area (Å²) in [6, 6.07) is 25.2. The lowest BCUT2D eigenvalue weighted by Crippen LogP contribution is -2.62. The lowest BCUT2D eigenvalue weighted by Gasteiger charge is -2.42. The number of ketones is 4. The third-order valence-corrected chi connectivity index (χ3v) is 7.82. The smallest absolute Gasteiger partial charge is 0.183 e. The molecule has 2 aliphatic carbocycles. The Kier molecular flexibility index (Phi) is 4.91. The number of hydrogen-bond acceptors (Lipinski definition) is 4. The zero-order valence-electron chi connectivity index (χ0n) is 18.6. The van der Waals surface area contributed by atoms with Gasteiger partial charge in [-0.15, -0.1) is 0 Å². The van der Waals surface area contributed by atoms with E-state index in [1.54, 1.807) is 97.1 Å². The SMILES string of the molecule is O=C1c2ccccc2C(=O)C1(c1ccc(Cl)cc1)C1(c2ccc(Cl)cc2)C(=O)c2ccccc2C1=O. The molecule has 0 heterocycles. The van der Waals surface area contributed by atoms with E-state index in [9.17, 15) is 19.2 Å². The van der Waals surface area contributed by atoms with E-state index >= 15 is 0 Å². The van der Waals surface area contributed by atoms with Gasteiger partial charge in [0.2, 0.25) is 0 Å². The molecular formula is C30H16Cl2O4. The first-order valence-corrected chi connectivity index (χ1v) is 12.0. The molecule has 0 amide bonds. The fourth-order valence-corrected chi connectivity index (χ4v) is 6.06. The third kappa shape index (κ3) is 2.60. The Morgan fingerprint density at radius 3 is 0.889 bits per heavy atom. The van der Waals surface area contributed by atoms with Gasteiger partial charge in [0.25, 0.3) is 0 Å². The number of carbonyl (C=O) groups excluding carboxylic acids is 4. The van der Waals surface area contributed by atoms with Crippen molar-refractivity contribution in [2.75, 3.05) is 0 Å². The van der Waals surface area contributed by atoms with Gasteiger partial charge in [0.15, 0.2) is 23.1 Å². The molecule has 0 aliphatic heterocycles. The molecule has 174 valence electrons. The fourth-order valence-electron chi connectivity index (χ4n) is 5.81. The second-order valence-electron chi connectivity index (χ2n) is 8.92. The van der Waals surface area contributed by atoms with Crippen LogP contribution in [0.15, 0.2) is 97.1 Å². The third-order valence-electron chi connectivity index (χ3n) is 7.31. The number of fused-ring (bicyclic) bond motifs is 2. The first-order valence-electron chi connectivity index (χ1n) is 11.2. The maximum atomic E-state index is 14.5. The summed E-state index contributed by atoms with van der Waals surface area (Å²) in [6.45, 7) is 0. The van der Waals surface area contributed by atoms with Crippen LogP contribution in [0.25, 0.3) is 0 Å². The molecule has 4 nitrogen and oxygen atoms in total. The Morgan fingerprint density at radius 1 is 0.389 bits per heavy atom. The quantitative estimate of drug-likeness (QED) is 0.302. The molecular weight excluding hydrogens is 495 g/mol. The van der Waals surface area contributed by atoms with Crippen LogP contribution in [-0.2, 0) is 10.8 Å². The molecule has 36 heavy (non-hydrogen) atoms. The van der Waals surface area contributed by atoms with E-state index < -0.39 is 34.0 Å². The highest BCUT2D eigenvalue weighted by Crippen LogP contribution is 2.58. The molecule has 0 radical (unpaired) electrons. The van der Waals surface area contributed by atoms with Gasteiger partial charge < -0.3 is 0 Å². The summed E-state index contributed by atoms with van der Waals surface area (Å²) in [5.74, 6) is -2.41. The summed E-state index contributed by atoms with van der Waals surface area (Å²) >= 11 is 12.3. The molecule has 6 heteroatoms. The summed E-state index contributed by atoms with van der Waals surface area (Å²) in [7, 11) is 0. The van der Waals surface area contributed by atoms with E-state index in [1.807, 2.05) is 0 Å². The molecule has 0 N–H and O–H groups in total. The van der Waals surface area contributed by atoms with Crippen molar-refractivity contribution in [3.63, 3.8) is 0 Å². The second kappa shape index (κ2) is 7.82. The maximum absolute atomic E-state index is 14.5. The van der Waals surface area contributed by atoms with E-state index in [-0.39, 0.29) is 33.4 Å². The minimum Gasteiger partial charge on any atom is -0.293 e. The molecule has 0 bridgehead atoms. The van der Waals surface area contributed by atoms with Crippen LogP contribution in [-0.4, -0.2) is 23.1 Å². The highest BCUT2D eigenvalue weighted by atomic mass is 35.5. The topological polar surface area (TPSA) is 68.3 Å². The summed E-state index contributed by atoms with van der Waals surface area (Å²) in [5, 5.41) is 0.773. The Hall–Kier alpha value is -3.86. The van der Waals surface area contributed by atoms with Crippen LogP contribution >= 0.6 is 23.2 Å². The molecule has 2 aliphatic rings. The monoisotopic (exact) mass is 510 g/mol. The number of Topliss-reactive ketones (excluding diaryl/α,β-unsaturated/α-hetero) is 4. The normalized spacial score (nSPS) is 17.3. The van der Waals surface area contributed by atoms with Gasteiger partial charge in [0.05, 0.1) is 0 Å². The van der Waals surface area contributed by atoms with Gasteiger partial charge in [-0.2, -0.15) is 0 Å². The van der Waals surface area contributed by atoms with Gasteiger partial charge in [-0.25, -0.2) is 0 Å². The average Bonchev–Trinajstić information content (AvgIpc) is 3.27. The van der Waals surface area contributed by atoms with Crippen molar-refractivity contribution >= 4 is 46.3 Å². The lowest BCUT2D eigenvalue weighted by molar-refractivity contribution is 0.0557. The van der Waals surface area contributed by atoms with Crippen molar-refractivity contribution in [3.05, 3.63) is 140 Å². The van der Waals surface area contributed by atoms with Crippen LogP contribution in [0.4, 0.5) is 0 Å². The highest BCUT2D eigenvalue weighted by molar-refractivity contribution is 6.45. The van der Waals surface area contributed by atoms with Crippen LogP contribution in [0.2, 0.25) is 10.0 Å². The van der Waals surface area contributed by atoms with Crippen molar-refractivity contribution in [2.45, 2.75) is 10.8 Å². The lowest BCUT2D eigenvalue weighted by atomic mass is 9.52. The molecule has 4 aromatic carbocycles. The minimum atomic E-state index is -2.18. The minimum absolute atomic E-state index is 0.169. The highest BCUT2D eigenvalue weighted by Gasteiger charge is 2.74. The average molecular weight is 511 g/mol. The molecule has 0 atom stereocenters. The van der Waals surface area contributed by atoms with Gasteiger partial charge in [-0.3, -0.25) is 19.2 Å². The summed E-state index contributed by atoms with van der Waals surface area (Å²) < 4.78 is 0. The molecule has 0 unspecified atom stereocenters. The van der Waals surface area contributed by atoms with Crippen molar-refractivity contribution in [3.8, 4) is 0 Å². The van der Waals surface area contributed by atoms with Crippen LogP contribution in [0.5, 0.6) is 0 Å². The summed E-state index contributed by atoms with van der Waals surface area (Å²) in [5.41, 5.74) is -3.23.